The van der Waals surface area contributed by atoms with Crippen molar-refractivity contribution in [2.75, 3.05) is 0 Å². The molecule has 0 N–H and O–H groups in total. The molecule has 0 aliphatic heterocycles. The van der Waals surface area contributed by atoms with Gasteiger partial charge in [0.15, 0.2) is 11.2 Å². The Morgan fingerprint density at radius 2 is 0.964 bits per heavy atom. The van der Waals surface area contributed by atoms with E-state index in [4.69, 9.17) is 9.47 Å². The van der Waals surface area contributed by atoms with Crippen LogP contribution in [0.1, 0.15) is 48.4 Å². The van der Waals surface area contributed by atoms with Crippen LogP contribution in [-0.2, 0) is 9.47 Å². The summed E-state index contributed by atoms with van der Waals surface area (Å²) in [4.78, 5) is 24.2. The minimum atomic E-state index is -1.01. The van der Waals surface area contributed by atoms with Crippen molar-refractivity contribution in [3.8, 4) is 23.7 Å². The van der Waals surface area contributed by atoms with Crippen LogP contribution in [0, 0.1) is 23.7 Å². The van der Waals surface area contributed by atoms with Gasteiger partial charge >= 0.3 is 11.9 Å². The molecule has 0 fully saturated rings. The SMILES string of the molecule is CC(C)(C#CC#CC(C)(C)OC(=O)c1ccccc1)OC(=O)c1ccccc1. The van der Waals surface area contributed by atoms with Gasteiger partial charge in [-0.15, -0.1) is 0 Å². The van der Waals surface area contributed by atoms with Gasteiger partial charge in [0.2, 0.25) is 0 Å². The first kappa shape index (κ1) is 20.8. The predicted octanol–water partition coefficient (Wildman–Crippen LogP) is 4.26. The molecule has 4 heteroatoms. The lowest BCUT2D eigenvalue weighted by molar-refractivity contribution is 0.0191. The molecule has 0 aliphatic carbocycles. The molecule has 0 radical (unpaired) electrons. The second-order valence-corrected chi connectivity index (χ2v) is 7.03. The fourth-order valence-electron chi connectivity index (χ4n) is 2.14. The summed E-state index contributed by atoms with van der Waals surface area (Å²) >= 11 is 0. The highest BCUT2D eigenvalue weighted by Gasteiger charge is 2.22. The summed E-state index contributed by atoms with van der Waals surface area (Å²) in [7, 11) is 0. The van der Waals surface area contributed by atoms with Crippen molar-refractivity contribution in [3.05, 3.63) is 71.8 Å². The Balaban J connectivity index is 1.99. The Labute approximate surface area is 165 Å². The Hall–Kier alpha value is -3.50. The van der Waals surface area contributed by atoms with E-state index in [1.54, 1.807) is 76.2 Å². The molecule has 2 aromatic rings. The molecule has 2 rings (SSSR count). The summed E-state index contributed by atoms with van der Waals surface area (Å²) in [5.74, 6) is 10.1. The second-order valence-electron chi connectivity index (χ2n) is 7.03. The second kappa shape index (κ2) is 8.93. The molecule has 0 unspecified atom stereocenters. The van der Waals surface area contributed by atoms with Gasteiger partial charge < -0.3 is 9.47 Å². The van der Waals surface area contributed by atoms with Crippen LogP contribution in [0.15, 0.2) is 60.7 Å². The first-order valence-electron chi connectivity index (χ1n) is 8.80. The molecular formula is C24H22O4. The quantitative estimate of drug-likeness (QED) is 0.593. The summed E-state index contributed by atoms with van der Waals surface area (Å²) in [6.45, 7) is 6.73. The zero-order valence-electron chi connectivity index (χ0n) is 16.4. The third kappa shape index (κ3) is 6.67. The normalized spacial score (nSPS) is 10.6. The smallest absolute Gasteiger partial charge is 0.339 e. The molecule has 0 saturated carbocycles. The van der Waals surface area contributed by atoms with Crippen molar-refractivity contribution in [3.63, 3.8) is 0 Å². The molecule has 28 heavy (non-hydrogen) atoms. The van der Waals surface area contributed by atoms with Gasteiger partial charge in [-0.3, -0.25) is 0 Å². The monoisotopic (exact) mass is 374 g/mol. The van der Waals surface area contributed by atoms with E-state index in [0.717, 1.165) is 0 Å². The number of rotatable bonds is 4. The van der Waals surface area contributed by atoms with Crippen molar-refractivity contribution in [2.45, 2.75) is 38.9 Å². The summed E-state index contributed by atoms with van der Waals surface area (Å²) in [6.07, 6.45) is 0. The van der Waals surface area contributed by atoms with Crippen LogP contribution in [0.25, 0.3) is 0 Å². The summed E-state index contributed by atoms with van der Waals surface area (Å²) in [5, 5.41) is 0. The number of hydrogen-bond acceptors (Lipinski definition) is 4. The van der Waals surface area contributed by atoms with Crippen LogP contribution >= 0.6 is 0 Å². The Kier molecular flexibility index (Phi) is 6.64. The molecule has 0 amide bonds. The van der Waals surface area contributed by atoms with Crippen LogP contribution in [0.5, 0.6) is 0 Å². The standard InChI is InChI=1S/C24H22O4/c1-23(2,27-21(25)19-13-7-5-8-14-19)17-11-12-18-24(3,4)28-22(26)20-15-9-6-10-16-20/h5-10,13-16H,1-4H3. The number of ether oxygens (including phenoxy) is 2. The van der Waals surface area contributed by atoms with E-state index in [1.807, 2.05) is 12.1 Å². The fraction of sp³-hybridized carbons (Fsp3) is 0.250. The van der Waals surface area contributed by atoms with E-state index in [0.29, 0.717) is 11.1 Å². The van der Waals surface area contributed by atoms with Crippen LogP contribution in [0.2, 0.25) is 0 Å². The van der Waals surface area contributed by atoms with E-state index in [2.05, 4.69) is 23.7 Å². The van der Waals surface area contributed by atoms with Crippen molar-refractivity contribution >= 4 is 11.9 Å². The number of carbonyl (C=O) groups excluding carboxylic acids is 2. The summed E-state index contributed by atoms with van der Waals surface area (Å²) < 4.78 is 10.8. The van der Waals surface area contributed by atoms with Gasteiger partial charge in [0.25, 0.3) is 0 Å². The maximum absolute atomic E-state index is 12.1. The average Bonchev–Trinajstić information content (AvgIpc) is 2.66. The zero-order valence-corrected chi connectivity index (χ0v) is 16.4. The third-order valence-electron chi connectivity index (χ3n) is 3.50. The molecule has 0 spiro atoms. The van der Waals surface area contributed by atoms with Gasteiger partial charge in [-0.25, -0.2) is 9.59 Å². The van der Waals surface area contributed by atoms with Gasteiger partial charge in [-0.05, 0) is 75.6 Å². The van der Waals surface area contributed by atoms with E-state index < -0.39 is 23.1 Å². The Morgan fingerprint density at radius 3 is 1.29 bits per heavy atom. The Bertz CT molecular complexity index is 868. The molecule has 0 aromatic heterocycles. The number of hydrogen-bond donors (Lipinski definition) is 0. The molecular weight excluding hydrogens is 352 g/mol. The number of carbonyl (C=O) groups is 2. The summed E-state index contributed by atoms with van der Waals surface area (Å²) in [6, 6.07) is 17.4. The van der Waals surface area contributed by atoms with Crippen molar-refractivity contribution in [1.29, 1.82) is 0 Å². The minimum Gasteiger partial charge on any atom is -0.443 e. The largest absolute Gasteiger partial charge is 0.443 e. The maximum atomic E-state index is 12.1. The van der Waals surface area contributed by atoms with Gasteiger partial charge in [0.1, 0.15) is 0 Å². The van der Waals surface area contributed by atoms with Crippen molar-refractivity contribution in [2.24, 2.45) is 0 Å². The molecule has 0 atom stereocenters. The van der Waals surface area contributed by atoms with Gasteiger partial charge in [-0.1, -0.05) is 36.4 Å². The van der Waals surface area contributed by atoms with Crippen LogP contribution in [0.3, 0.4) is 0 Å². The predicted molar refractivity (Wildman–Crippen MR) is 107 cm³/mol. The molecule has 0 heterocycles. The van der Waals surface area contributed by atoms with Crippen molar-refractivity contribution < 1.29 is 19.1 Å². The highest BCUT2D eigenvalue weighted by molar-refractivity contribution is 5.90. The van der Waals surface area contributed by atoms with E-state index in [-0.39, 0.29) is 0 Å². The molecule has 0 saturated heterocycles. The van der Waals surface area contributed by atoms with Crippen molar-refractivity contribution in [1.82, 2.24) is 0 Å². The molecule has 4 nitrogen and oxygen atoms in total. The van der Waals surface area contributed by atoms with Crippen LogP contribution in [0.4, 0.5) is 0 Å². The molecule has 0 bridgehead atoms. The van der Waals surface area contributed by atoms with E-state index in [1.165, 1.54) is 0 Å². The zero-order chi connectivity index (χ0) is 20.6. The van der Waals surface area contributed by atoms with E-state index >= 15 is 0 Å². The lowest BCUT2D eigenvalue weighted by Gasteiger charge is -2.19. The fourth-order valence-corrected chi connectivity index (χ4v) is 2.14. The van der Waals surface area contributed by atoms with E-state index in [9.17, 15) is 9.59 Å². The number of esters is 2. The first-order chi connectivity index (χ1) is 13.2. The topological polar surface area (TPSA) is 52.6 Å². The number of benzene rings is 2. The average molecular weight is 374 g/mol. The minimum absolute atomic E-state index is 0.454. The van der Waals surface area contributed by atoms with Gasteiger partial charge in [0.05, 0.1) is 11.1 Å². The summed E-state index contributed by atoms with van der Waals surface area (Å²) in [5.41, 5.74) is -1.10. The highest BCUT2D eigenvalue weighted by atomic mass is 16.6. The highest BCUT2D eigenvalue weighted by Crippen LogP contribution is 2.13. The van der Waals surface area contributed by atoms with Gasteiger partial charge in [-0.2, -0.15) is 0 Å². The van der Waals surface area contributed by atoms with Crippen LogP contribution in [-0.4, -0.2) is 23.1 Å². The Morgan fingerprint density at radius 1 is 0.643 bits per heavy atom. The van der Waals surface area contributed by atoms with Crippen LogP contribution < -0.4 is 0 Å². The lowest BCUT2D eigenvalue weighted by atomic mass is 10.1. The molecule has 0 aliphatic rings. The first-order valence-corrected chi connectivity index (χ1v) is 8.80. The third-order valence-corrected chi connectivity index (χ3v) is 3.50. The molecule has 142 valence electrons. The molecule has 2 aromatic carbocycles. The maximum Gasteiger partial charge on any atom is 0.339 e. The van der Waals surface area contributed by atoms with Gasteiger partial charge in [0, 0.05) is 0 Å². The lowest BCUT2D eigenvalue weighted by Crippen LogP contribution is -2.26.